The lowest BCUT2D eigenvalue weighted by Crippen LogP contribution is -2.46. The molecule has 0 bridgehead atoms. The highest BCUT2D eigenvalue weighted by Gasteiger charge is 2.30. The summed E-state index contributed by atoms with van der Waals surface area (Å²) in [6, 6.07) is 5.20. The van der Waals surface area contributed by atoms with Gasteiger partial charge >= 0.3 is 0 Å². The Hall–Kier alpha value is -1.13. The van der Waals surface area contributed by atoms with Gasteiger partial charge in [-0.25, -0.2) is 4.39 Å². The molecule has 0 aliphatic carbocycles. The van der Waals surface area contributed by atoms with Crippen molar-refractivity contribution >= 4 is 5.69 Å². The first-order valence-corrected chi connectivity index (χ1v) is 7.68. The first-order valence-electron chi connectivity index (χ1n) is 7.68. The van der Waals surface area contributed by atoms with Crippen molar-refractivity contribution in [3.63, 3.8) is 0 Å². The maximum Gasteiger partial charge on any atom is 0.129 e. The predicted octanol–water partition coefficient (Wildman–Crippen LogP) is 3.07. The number of anilines is 1. The second kappa shape index (κ2) is 5.93. The molecule has 3 nitrogen and oxygen atoms in total. The number of nitrogens with zero attached hydrogens (tertiary/aromatic N) is 1. The molecule has 0 aromatic heterocycles. The van der Waals surface area contributed by atoms with Crippen molar-refractivity contribution in [3.8, 4) is 0 Å². The number of rotatable bonds is 3. The Bertz CT molecular complexity index is 494. The van der Waals surface area contributed by atoms with Crippen molar-refractivity contribution in [2.24, 2.45) is 0 Å². The predicted molar refractivity (Wildman–Crippen MR) is 85.1 cm³/mol. The third kappa shape index (κ3) is 4.42. The molecule has 0 saturated carbocycles. The molecule has 1 heterocycles. The Kier molecular flexibility index (Phi) is 4.59. The molecule has 1 fully saturated rings. The number of halogens is 1. The van der Waals surface area contributed by atoms with Crippen LogP contribution >= 0.6 is 0 Å². The fraction of sp³-hybridized carbons (Fsp3) is 0.647. The molecule has 0 spiro atoms. The highest BCUT2D eigenvalue weighted by atomic mass is 19.1. The van der Waals surface area contributed by atoms with Gasteiger partial charge in [0.25, 0.3) is 0 Å². The molecular formula is C17H27FN2O. The summed E-state index contributed by atoms with van der Waals surface area (Å²) >= 11 is 0. The van der Waals surface area contributed by atoms with Gasteiger partial charge in [0.1, 0.15) is 5.82 Å². The fourth-order valence-electron chi connectivity index (χ4n) is 2.80. The van der Waals surface area contributed by atoms with Crippen LogP contribution in [0, 0.1) is 5.82 Å². The lowest BCUT2D eigenvalue weighted by molar-refractivity contribution is 0.0448. The summed E-state index contributed by atoms with van der Waals surface area (Å²) in [4.78, 5) is 2.10. The molecule has 4 heteroatoms. The average Bonchev–Trinajstić information content (AvgIpc) is 2.34. The average molecular weight is 294 g/mol. The van der Waals surface area contributed by atoms with Gasteiger partial charge < -0.3 is 15.3 Å². The zero-order valence-corrected chi connectivity index (χ0v) is 13.5. The maximum atomic E-state index is 14.2. The Labute approximate surface area is 127 Å². The van der Waals surface area contributed by atoms with Crippen LogP contribution in [0.1, 0.15) is 46.1 Å². The number of hydrogen-bond acceptors (Lipinski definition) is 3. The Balaban J connectivity index is 2.24. The minimum absolute atomic E-state index is 0.0626. The number of aliphatic hydroxyl groups is 1. The van der Waals surface area contributed by atoms with Gasteiger partial charge in [-0.3, -0.25) is 0 Å². The van der Waals surface area contributed by atoms with Gasteiger partial charge in [0, 0.05) is 36.4 Å². The quantitative estimate of drug-likeness (QED) is 0.899. The molecule has 2 rings (SSSR count). The second-order valence-electron chi connectivity index (χ2n) is 7.36. The summed E-state index contributed by atoms with van der Waals surface area (Å²) < 4.78 is 14.2. The number of benzene rings is 1. The van der Waals surface area contributed by atoms with E-state index < -0.39 is 5.60 Å². The van der Waals surface area contributed by atoms with Crippen LogP contribution in [0.4, 0.5) is 10.1 Å². The second-order valence-corrected chi connectivity index (χ2v) is 7.36. The van der Waals surface area contributed by atoms with Gasteiger partial charge in [-0.05, 0) is 52.7 Å². The lowest BCUT2D eigenvalue weighted by atomic mass is 9.94. The highest BCUT2D eigenvalue weighted by molar-refractivity contribution is 5.55. The zero-order valence-electron chi connectivity index (χ0n) is 13.5. The van der Waals surface area contributed by atoms with Crippen molar-refractivity contribution in [3.05, 3.63) is 29.6 Å². The largest absolute Gasteiger partial charge is 0.388 e. The van der Waals surface area contributed by atoms with E-state index >= 15 is 0 Å². The van der Waals surface area contributed by atoms with Crippen LogP contribution in [0.25, 0.3) is 0 Å². The molecule has 1 aromatic carbocycles. The summed E-state index contributed by atoms with van der Waals surface area (Å²) in [5.74, 6) is -0.186. The molecule has 118 valence electrons. The topological polar surface area (TPSA) is 35.5 Å². The van der Waals surface area contributed by atoms with Crippen molar-refractivity contribution in [1.82, 2.24) is 5.32 Å². The summed E-state index contributed by atoms with van der Waals surface area (Å²) in [6.45, 7) is 9.97. The van der Waals surface area contributed by atoms with Crippen molar-refractivity contribution in [2.45, 2.75) is 58.2 Å². The van der Waals surface area contributed by atoms with Gasteiger partial charge in [0.15, 0.2) is 0 Å². The number of hydrogen-bond donors (Lipinski definition) is 2. The van der Waals surface area contributed by atoms with Crippen LogP contribution in [0.15, 0.2) is 18.2 Å². The number of β-amino-alcohol motifs (C(OH)–C–C–N with tert-alkyl or cyclic N) is 1. The molecule has 1 saturated heterocycles. The lowest BCUT2D eigenvalue weighted by Gasteiger charge is -2.39. The first kappa shape index (κ1) is 16.2. The van der Waals surface area contributed by atoms with Gasteiger partial charge in [-0.1, -0.05) is 6.07 Å². The van der Waals surface area contributed by atoms with Gasteiger partial charge in [0.2, 0.25) is 0 Å². The SMILES string of the molecule is CC1(O)CCCN(c2cccc(F)c2CNC(C)(C)C)C1. The number of piperidine rings is 1. The zero-order chi connectivity index (χ0) is 15.7. The van der Waals surface area contributed by atoms with E-state index in [-0.39, 0.29) is 11.4 Å². The molecule has 1 aliphatic heterocycles. The molecule has 0 radical (unpaired) electrons. The summed E-state index contributed by atoms with van der Waals surface area (Å²) in [5.41, 5.74) is 0.823. The third-order valence-corrected chi connectivity index (χ3v) is 3.91. The molecule has 1 atom stereocenters. The smallest absolute Gasteiger partial charge is 0.129 e. The van der Waals surface area contributed by atoms with Crippen molar-refractivity contribution in [1.29, 1.82) is 0 Å². The van der Waals surface area contributed by atoms with Gasteiger partial charge in [-0.15, -0.1) is 0 Å². The molecule has 21 heavy (non-hydrogen) atoms. The Morgan fingerprint density at radius 1 is 1.38 bits per heavy atom. The Morgan fingerprint density at radius 2 is 2.10 bits per heavy atom. The van der Waals surface area contributed by atoms with Crippen molar-refractivity contribution in [2.75, 3.05) is 18.0 Å². The molecule has 2 N–H and O–H groups in total. The van der Waals surface area contributed by atoms with Crippen molar-refractivity contribution < 1.29 is 9.50 Å². The van der Waals surface area contributed by atoms with E-state index in [0.29, 0.717) is 18.7 Å². The van der Waals surface area contributed by atoms with Gasteiger partial charge in [-0.2, -0.15) is 0 Å². The molecular weight excluding hydrogens is 267 g/mol. The first-order chi connectivity index (χ1) is 9.68. The van der Waals surface area contributed by atoms with E-state index in [0.717, 1.165) is 25.1 Å². The van der Waals surface area contributed by atoms with Crippen LogP contribution in [0.5, 0.6) is 0 Å². The van der Waals surface area contributed by atoms with Crippen LogP contribution < -0.4 is 10.2 Å². The Morgan fingerprint density at radius 3 is 2.71 bits per heavy atom. The normalized spacial score (nSPS) is 23.4. The monoisotopic (exact) mass is 294 g/mol. The summed E-state index contributed by atoms with van der Waals surface area (Å²) in [6.07, 6.45) is 1.73. The minimum atomic E-state index is -0.695. The van der Waals surface area contributed by atoms with E-state index in [9.17, 15) is 9.50 Å². The molecule has 1 aliphatic rings. The highest BCUT2D eigenvalue weighted by Crippen LogP contribution is 2.29. The summed E-state index contributed by atoms with van der Waals surface area (Å²) in [5, 5.41) is 13.6. The third-order valence-electron chi connectivity index (χ3n) is 3.91. The van der Waals surface area contributed by atoms with E-state index in [1.165, 1.54) is 6.07 Å². The minimum Gasteiger partial charge on any atom is -0.388 e. The molecule has 0 amide bonds. The standard InChI is InChI=1S/C17H27FN2O/c1-16(2,3)19-11-13-14(18)7-5-8-15(13)20-10-6-9-17(4,21)12-20/h5,7-8,19,21H,6,9-12H2,1-4H3. The van der Waals surface area contributed by atoms with Gasteiger partial charge in [0.05, 0.1) is 5.60 Å². The van der Waals surface area contributed by atoms with E-state index in [4.69, 9.17) is 0 Å². The van der Waals surface area contributed by atoms with Crippen LogP contribution in [0.2, 0.25) is 0 Å². The maximum absolute atomic E-state index is 14.2. The summed E-state index contributed by atoms with van der Waals surface area (Å²) in [7, 11) is 0. The van der Waals surface area contributed by atoms with Crippen LogP contribution in [0.3, 0.4) is 0 Å². The van der Waals surface area contributed by atoms with E-state index in [2.05, 4.69) is 31.0 Å². The fourth-order valence-corrected chi connectivity index (χ4v) is 2.80. The molecule has 1 aromatic rings. The van der Waals surface area contributed by atoms with E-state index in [1.807, 2.05) is 13.0 Å². The molecule has 1 unspecified atom stereocenters. The van der Waals surface area contributed by atoms with Crippen LogP contribution in [-0.2, 0) is 6.54 Å². The van der Waals surface area contributed by atoms with E-state index in [1.54, 1.807) is 6.07 Å². The number of nitrogens with one attached hydrogen (secondary N) is 1. The van der Waals surface area contributed by atoms with Crippen LogP contribution in [-0.4, -0.2) is 29.3 Å².